The average molecular weight is 234 g/mol. The van der Waals surface area contributed by atoms with E-state index in [1.807, 2.05) is 51.1 Å². The van der Waals surface area contributed by atoms with Crippen LogP contribution in [0.2, 0.25) is 0 Å². The van der Waals surface area contributed by atoms with Crippen molar-refractivity contribution in [1.29, 1.82) is 0 Å². The molecule has 1 aromatic carbocycles. The molecular formula is C14H18O3. The number of carbonyl (C=O) groups is 1. The highest BCUT2D eigenvalue weighted by molar-refractivity contribution is 5.82. The molecular weight excluding hydrogens is 216 g/mol. The summed E-state index contributed by atoms with van der Waals surface area (Å²) in [6.07, 6.45) is -0.500. The Morgan fingerprint density at radius 2 is 1.76 bits per heavy atom. The maximum atomic E-state index is 12.0. The zero-order valence-electron chi connectivity index (χ0n) is 10.7. The Morgan fingerprint density at radius 3 is 2.24 bits per heavy atom. The standard InChI is InChI=1S/C14H18O3/c1-13(2,3)12-16-11(15)14(4,17-12)10-8-6-5-7-9-10/h5-9,12H,1-4H3/t12-,14-/m1/s1. The fourth-order valence-corrected chi connectivity index (χ4v) is 1.79. The number of rotatable bonds is 1. The Bertz CT molecular complexity index is 419. The lowest BCUT2D eigenvalue weighted by molar-refractivity contribution is -0.155. The van der Waals surface area contributed by atoms with E-state index in [1.54, 1.807) is 6.92 Å². The molecule has 1 aliphatic rings. The van der Waals surface area contributed by atoms with Gasteiger partial charge in [0.05, 0.1) is 0 Å². The second-order valence-electron chi connectivity index (χ2n) is 5.62. The number of benzene rings is 1. The molecule has 17 heavy (non-hydrogen) atoms. The Balaban J connectivity index is 2.32. The van der Waals surface area contributed by atoms with Gasteiger partial charge in [-0.3, -0.25) is 0 Å². The first kappa shape index (κ1) is 12.1. The molecule has 0 aromatic heterocycles. The quantitative estimate of drug-likeness (QED) is 0.701. The van der Waals surface area contributed by atoms with Crippen molar-refractivity contribution in [3.8, 4) is 0 Å². The molecule has 0 bridgehead atoms. The van der Waals surface area contributed by atoms with E-state index in [9.17, 15) is 4.79 Å². The number of esters is 1. The van der Waals surface area contributed by atoms with Crippen molar-refractivity contribution >= 4 is 5.97 Å². The van der Waals surface area contributed by atoms with Crippen molar-refractivity contribution in [3.05, 3.63) is 35.9 Å². The van der Waals surface area contributed by atoms with E-state index < -0.39 is 11.9 Å². The van der Waals surface area contributed by atoms with Gasteiger partial charge in [0.25, 0.3) is 0 Å². The van der Waals surface area contributed by atoms with Crippen LogP contribution in [0.3, 0.4) is 0 Å². The third kappa shape index (κ3) is 2.07. The van der Waals surface area contributed by atoms with E-state index >= 15 is 0 Å². The summed E-state index contributed by atoms with van der Waals surface area (Å²) in [4.78, 5) is 12.0. The Hall–Kier alpha value is -1.35. The van der Waals surface area contributed by atoms with Gasteiger partial charge in [0.15, 0.2) is 5.60 Å². The largest absolute Gasteiger partial charge is 0.433 e. The molecule has 1 heterocycles. The Labute approximate surface area is 102 Å². The predicted molar refractivity (Wildman–Crippen MR) is 64.2 cm³/mol. The van der Waals surface area contributed by atoms with Gasteiger partial charge in [-0.1, -0.05) is 51.1 Å². The zero-order chi connectivity index (χ0) is 12.7. The van der Waals surface area contributed by atoms with Crippen LogP contribution in [0.1, 0.15) is 33.3 Å². The summed E-state index contributed by atoms with van der Waals surface area (Å²) in [5.41, 5.74) is -0.377. The molecule has 1 fully saturated rings. The molecule has 92 valence electrons. The summed E-state index contributed by atoms with van der Waals surface area (Å²) in [7, 11) is 0. The van der Waals surface area contributed by atoms with Crippen LogP contribution in [0, 0.1) is 5.41 Å². The smallest absolute Gasteiger partial charge is 0.345 e. The maximum absolute atomic E-state index is 12.0. The predicted octanol–water partition coefficient (Wildman–Crippen LogP) is 2.85. The summed E-state index contributed by atoms with van der Waals surface area (Å²) >= 11 is 0. The molecule has 0 spiro atoms. The molecule has 3 nitrogen and oxygen atoms in total. The van der Waals surface area contributed by atoms with Crippen molar-refractivity contribution in [1.82, 2.24) is 0 Å². The van der Waals surface area contributed by atoms with Gasteiger partial charge in [0.1, 0.15) is 0 Å². The summed E-state index contributed by atoms with van der Waals surface area (Å²) in [6.45, 7) is 7.72. The van der Waals surface area contributed by atoms with Crippen LogP contribution < -0.4 is 0 Å². The van der Waals surface area contributed by atoms with Gasteiger partial charge >= 0.3 is 5.97 Å². The highest BCUT2D eigenvalue weighted by atomic mass is 16.8. The molecule has 2 rings (SSSR count). The molecule has 1 aromatic rings. The lowest BCUT2D eigenvalue weighted by Gasteiger charge is -2.26. The Kier molecular flexibility index (Phi) is 2.74. The molecule has 0 saturated carbocycles. The lowest BCUT2D eigenvalue weighted by atomic mass is 9.95. The first-order valence-corrected chi connectivity index (χ1v) is 5.78. The van der Waals surface area contributed by atoms with E-state index in [1.165, 1.54) is 0 Å². The van der Waals surface area contributed by atoms with E-state index in [0.717, 1.165) is 5.56 Å². The van der Waals surface area contributed by atoms with Crippen molar-refractivity contribution in [2.45, 2.75) is 39.6 Å². The van der Waals surface area contributed by atoms with Crippen LogP contribution in [-0.4, -0.2) is 12.3 Å². The van der Waals surface area contributed by atoms with Crippen molar-refractivity contribution in [2.24, 2.45) is 5.41 Å². The van der Waals surface area contributed by atoms with Gasteiger partial charge in [0, 0.05) is 5.41 Å². The first-order valence-electron chi connectivity index (χ1n) is 5.78. The van der Waals surface area contributed by atoms with Crippen molar-refractivity contribution in [2.75, 3.05) is 0 Å². The van der Waals surface area contributed by atoms with Crippen molar-refractivity contribution in [3.63, 3.8) is 0 Å². The highest BCUT2D eigenvalue weighted by Crippen LogP contribution is 2.40. The van der Waals surface area contributed by atoms with Gasteiger partial charge < -0.3 is 9.47 Å². The maximum Gasteiger partial charge on any atom is 0.345 e. The van der Waals surface area contributed by atoms with Crippen LogP contribution in [0.15, 0.2) is 30.3 Å². The fraction of sp³-hybridized carbons (Fsp3) is 0.500. The topological polar surface area (TPSA) is 35.5 Å². The number of hydrogen-bond donors (Lipinski definition) is 0. The molecule has 1 aliphatic heterocycles. The van der Waals surface area contributed by atoms with Gasteiger partial charge in [-0.15, -0.1) is 0 Å². The van der Waals surface area contributed by atoms with Gasteiger partial charge in [-0.2, -0.15) is 0 Å². The van der Waals surface area contributed by atoms with Crippen LogP contribution in [0.5, 0.6) is 0 Å². The minimum Gasteiger partial charge on any atom is -0.433 e. The summed E-state index contributed by atoms with van der Waals surface area (Å²) in [5, 5.41) is 0. The fourth-order valence-electron chi connectivity index (χ4n) is 1.79. The normalized spacial score (nSPS) is 29.2. The lowest BCUT2D eigenvalue weighted by Crippen LogP contribution is -2.31. The monoisotopic (exact) mass is 234 g/mol. The van der Waals surface area contributed by atoms with E-state index in [2.05, 4.69) is 0 Å². The Morgan fingerprint density at radius 1 is 1.18 bits per heavy atom. The third-order valence-corrected chi connectivity index (χ3v) is 2.98. The van der Waals surface area contributed by atoms with E-state index in [0.29, 0.717) is 0 Å². The van der Waals surface area contributed by atoms with Crippen LogP contribution in [0.25, 0.3) is 0 Å². The average Bonchev–Trinajstić information content (AvgIpc) is 2.58. The van der Waals surface area contributed by atoms with Gasteiger partial charge in [-0.05, 0) is 12.5 Å². The summed E-state index contributed by atoms with van der Waals surface area (Å²) in [5.74, 6) is -0.316. The number of cyclic esters (lactones) is 1. The van der Waals surface area contributed by atoms with Gasteiger partial charge in [0.2, 0.25) is 6.29 Å². The molecule has 0 unspecified atom stereocenters. The molecule has 0 radical (unpaired) electrons. The molecule has 0 amide bonds. The third-order valence-electron chi connectivity index (χ3n) is 2.98. The van der Waals surface area contributed by atoms with Crippen molar-refractivity contribution < 1.29 is 14.3 Å². The molecule has 1 saturated heterocycles. The summed E-state index contributed by atoms with van der Waals surface area (Å²) in [6, 6.07) is 9.45. The molecule has 2 atom stereocenters. The summed E-state index contributed by atoms with van der Waals surface area (Å²) < 4.78 is 11.2. The minimum absolute atomic E-state index is 0.220. The van der Waals surface area contributed by atoms with Crippen LogP contribution >= 0.6 is 0 Å². The van der Waals surface area contributed by atoms with E-state index in [4.69, 9.17) is 9.47 Å². The number of ether oxygens (including phenoxy) is 2. The zero-order valence-corrected chi connectivity index (χ0v) is 10.7. The second kappa shape index (κ2) is 3.84. The second-order valence-corrected chi connectivity index (χ2v) is 5.62. The number of hydrogen-bond acceptors (Lipinski definition) is 3. The van der Waals surface area contributed by atoms with Crippen LogP contribution in [-0.2, 0) is 19.9 Å². The number of carbonyl (C=O) groups excluding carboxylic acids is 1. The van der Waals surface area contributed by atoms with E-state index in [-0.39, 0.29) is 11.4 Å². The van der Waals surface area contributed by atoms with Gasteiger partial charge in [-0.25, -0.2) is 4.79 Å². The molecule has 0 N–H and O–H groups in total. The first-order chi connectivity index (χ1) is 7.84. The molecule has 0 aliphatic carbocycles. The molecule has 3 heteroatoms. The minimum atomic E-state index is -0.987. The highest BCUT2D eigenvalue weighted by Gasteiger charge is 2.51. The van der Waals surface area contributed by atoms with Crippen LogP contribution in [0.4, 0.5) is 0 Å². The SMILES string of the molecule is CC(C)(C)[C@@H]1OC(=O)[C@@](C)(c2ccccc2)O1.